The highest BCUT2D eigenvalue weighted by Gasteiger charge is 2.16. The van der Waals surface area contributed by atoms with Gasteiger partial charge in [-0.05, 0) is 109 Å². The molecular formula is C67H112O5. The SMILES string of the molecule is CC/C=C\C/C=C\C/C=C\C/C=C\C/C=C\C/C=C\C/C=C\C/C=C\C/C=C\CCCCCCCCCCCC(=O)OC(CO)COC(=O)CCCCCCCCCCC/C=C\CCCCCCCCCC. The lowest BCUT2D eigenvalue weighted by atomic mass is 10.1. The number of ether oxygens (including phenoxy) is 2. The summed E-state index contributed by atoms with van der Waals surface area (Å²) in [6.07, 6.45) is 90.3. The maximum Gasteiger partial charge on any atom is 0.306 e. The Kier molecular flexibility index (Phi) is 58.4. The predicted molar refractivity (Wildman–Crippen MR) is 315 cm³/mol. The highest BCUT2D eigenvalue weighted by molar-refractivity contribution is 5.70. The third kappa shape index (κ3) is 58.9. The van der Waals surface area contributed by atoms with Crippen molar-refractivity contribution in [1.29, 1.82) is 0 Å². The summed E-state index contributed by atoms with van der Waals surface area (Å²) in [6.45, 7) is 4.03. The van der Waals surface area contributed by atoms with Crippen LogP contribution < -0.4 is 0 Å². The molecule has 0 amide bonds. The van der Waals surface area contributed by atoms with E-state index < -0.39 is 6.10 Å². The van der Waals surface area contributed by atoms with Crippen molar-refractivity contribution in [2.45, 2.75) is 277 Å². The van der Waals surface area contributed by atoms with E-state index in [4.69, 9.17) is 9.47 Å². The molecule has 0 aromatic heterocycles. The molecule has 5 nitrogen and oxygen atoms in total. The van der Waals surface area contributed by atoms with Crippen molar-refractivity contribution in [3.63, 3.8) is 0 Å². The van der Waals surface area contributed by atoms with Crippen molar-refractivity contribution >= 4 is 11.9 Å². The van der Waals surface area contributed by atoms with Crippen molar-refractivity contribution < 1.29 is 24.2 Å². The Labute approximate surface area is 445 Å². The minimum atomic E-state index is -0.784. The first kappa shape index (κ1) is 68.3. The summed E-state index contributed by atoms with van der Waals surface area (Å²) in [6, 6.07) is 0. The van der Waals surface area contributed by atoms with Crippen LogP contribution in [0.5, 0.6) is 0 Å². The third-order valence-electron chi connectivity index (χ3n) is 12.7. The first-order valence-corrected chi connectivity index (χ1v) is 30.1. The second-order valence-electron chi connectivity index (χ2n) is 19.7. The van der Waals surface area contributed by atoms with E-state index in [2.05, 4.69) is 135 Å². The Morgan fingerprint density at radius 1 is 0.333 bits per heavy atom. The van der Waals surface area contributed by atoms with Crippen molar-refractivity contribution in [2.75, 3.05) is 13.2 Å². The molecule has 0 fully saturated rings. The fraction of sp³-hybridized carbons (Fsp3) is 0.672. The first-order valence-electron chi connectivity index (χ1n) is 30.1. The monoisotopic (exact) mass is 997 g/mol. The molecule has 0 aromatic rings. The first-order chi connectivity index (χ1) is 35.6. The topological polar surface area (TPSA) is 72.8 Å². The van der Waals surface area contributed by atoms with Crippen LogP contribution in [0.1, 0.15) is 271 Å². The Morgan fingerprint density at radius 2 is 0.597 bits per heavy atom. The number of aliphatic hydroxyl groups is 1. The average molecular weight is 998 g/mol. The molecule has 0 radical (unpaired) electrons. The molecule has 0 saturated carbocycles. The molecule has 0 rings (SSSR count). The van der Waals surface area contributed by atoms with E-state index in [9.17, 15) is 14.7 Å². The molecule has 0 aliphatic carbocycles. The van der Waals surface area contributed by atoms with Crippen LogP contribution in [0.3, 0.4) is 0 Å². The molecule has 0 aliphatic rings. The van der Waals surface area contributed by atoms with Gasteiger partial charge in [-0.1, -0.05) is 270 Å². The molecular weight excluding hydrogens is 885 g/mol. The van der Waals surface area contributed by atoms with Gasteiger partial charge in [-0.2, -0.15) is 0 Å². The largest absolute Gasteiger partial charge is 0.462 e. The number of allylic oxidation sites excluding steroid dienone is 20. The molecule has 0 heterocycles. The van der Waals surface area contributed by atoms with E-state index in [0.29, 0.717) is 12.8 Å². The Bertz CT molecular complexity index is 1450. The van der Waals surface area contributed by atoms with Gasteiger partial charge in [-0.25, -0.2) is 0 Å². The fourth-order valence-electron chi connectivity index (χ4n) is 8.25. The van der Waals surface area contributed by atoms with E-state index in [1.165, 1.54) is 141 Å². The molecule has 0 saturated heterocycles. The van der Waals surface area contributed by atoms with Crippen LogP contribution in [0.4, 0.5) is 0 Å². The molecule has 410 valence electrons. The minimum Gasteiger partial charge on any atom is -0.462 e. The zero-order valence-corrected chi connectivity index (χ0v) is 46.9. The van der Waals surface area contributed by atoms with E-state index in [1.807, 2.05) is 0 Å². The Balaban J connectivity index is 3.57. The molecule has 0 bridgehead atoms. The van der Waals surface area contributed by atoms with Gasteiger partial charge in [0.2, 0.25) is 0 Å². The molecule has 0 spiro atoms. The molecule has 0 aromatic carbocycles. The van der Waals surface area contributed by atoms with Gasteiger partial charge < -0.3 is 14.6 Å². The number of unbranched alkanes of at least 4 members (excludes halogenated alkanes) is 26. The number of aliphatic hydroxyl groups excluding tert-OH is 1. The molecule has 1 unspecified atom stereocenters. The summed E-state index contributed by atoms with van der Waals surface area (Å²) in [5.41, 5.74) is 0. The van der Waals surface area contributed by atoms with Crippen LogP contribution in [-0.4, -0.2) is 36.4 Å². The van der Waals surface area contributed by atoms with Crippen LogP contribution in [0, 0.1) is 0 Å². The highest BCUT2D eigenvalue weighted by Crippen LogP contribution is 2.15. The number of carbonyl (C=O) groups is 2. The fourth-order valence-corrected chi connectivity index (χ4v) is 8.25. The van der Waals surface area contributed by atoms with Gasteiger partial charge >= 0.3 is 11.9 Å². The Morgan fingerprint density at radius 3 is 0.917 bits per heavy atom. The minimum absolute atomic E-state index is 0.0739. The van der Waals surface area contributed by atoms with Crippen LogP contribution in [0.15, 0.2) is 122 Å². The number of esters is 2. The van der Waals surface area contributed by atoms with Crippen LogP contribution in [-0.2, 0) is 19.1 Å². The van der Waals surface area contributed by atoms with Crippen molar-refractivity contribution in [3.8, 4) is 0 Å². The zero-order chi connectivity index (χ0) is 52.0. The summed E-state index contributed by atoms with van der Waals surface area (Å²) in [4.78, 5) is 24.5. The zero-order valence-electron chi connectivity index (χ0n) is 46.9. The maximum absolute atomic E-state index is 12.3. The summed E-state index contributed by atoms with van der Waals surface area (Å²) >= 11 is 0. The van der Waals surface area contributed by atoms with Gasteiger partial charge in [0.25, 0.3) is 0 Å². The summed E-state index contributed by atoms with van der Waals surface area (Å²) < 4.78 is 10.7. The molecule has 72 heavy (non-hydrogen) atoms. The number of carbonyl (C=O) groups excluding carboxylic acids is 2. The van der Waals surface area contributed by atoms with Gasteiger partial charge in [0.15, 0.2) is 6.10 Å². The molecule has 1 N–H and O–H groups in total. The van der Waals surface area contributed by atoms with E-state index in [1.54, 1.807) is 0 Å². The van der Waals surface area contributed by atoms with E-state index in [-0.39, 0.29) is 25.2 Å². The summed E-state index contributed by atoms with van der Waals surface area (Å²) in [5.74, 6) is -0.600. The van der Waals surface area contributed by atoms with Crippen molar-refractivity contribution in [1.82, 2.24) is 0 Å². The smallest absolute Gasteiger partial charge is 0.306 e. The lowest BCUT2D eigenvalue weighted by Crippen LogP contribution is -2.28. The summed E-state index contributed by atoms with van der Waals surface area (Å²) in [7, 11) is 0. The van der Waals surface area contributed by atoms with Gasteiger partial charge in [-0.15, -0.1) is 0 Å². The summed E-state index contributed by atoms with van der Waals surface area (Å²) in [5, 5.41) is 9.66. The van der Waals surface area contributed by atoms with Gasteiger partial charge in [0.1, 0.15) is 6.61 Å². The van der Waals surface area contributed by atoms with Crippen molar-refractivity contribution in [2.24, 2.45) is 0 Å². The van der Waals surface area contributed by atoms with Crippen LogP contribution in [0.2, 0.25) is 0 Å². The third-order valence-corrected chi connectivity index (χ3v) is 12.7. The maximum atomic E-state index is 12.3. The molecule has 5 heteroatoms. The Hall–Kier alpha value is -3.70. The molecule has 1 atom stereocenters. The standard InChI is InChI=1S/C67H112O5/c1-3-5-7-9-11-13-15-17-19-21-23-25-26-27-28-29-30-31-32-33-34-35-36-37-38-39-40-42-44-46-48-50-52-54-56-58-60-62-67(70)72-65(63-68)64-71-66(69)61-59-57-55-53-51-49-47-45-43-41-24-22-20-18-16-14-12-10-8-6-4-2/h5,7,11,13,17,19,22-25,27-28,30-31,33-34,36-37,39-40,65,68H,3-4,6,8-10,12,14-16,18,20-21,26,29,32,35,38,41-64H2,1-2H3/b7-5-,13-11-,19-17-,24-22-,25-23-,28-27-,31-30-,34-33-,37-36-,40-39-. The lowest BCUT2D eigenvalue weighted by Gasteiger charge is -2.15. The average Bonchev–Trinajstić information content (AvgIpc) is 3.38. The van der Waals surface area contributed by atoms with Gasteiger partial charge in [0.05, 0.1) is 6.61 Å². The van der Waals surface area contributed by atoms with E-state index in [0.717, 1.165) is 103 Å². The second-order valence-corrected chi connectivity index (χ2v) is 19.7. The van der Waals surface area contributed by atoms with Crippen LogP contribution in [0.25, 0.3) is 0 Å². The predicted octanol–water partition coefficient (Wildman–Crippen LogP) is 20.6. The number of rotatable bonds is 54. The number of hydrogen-bond acceptors (Lipinski definition) is 5. The highest BCUT2D eigenvalue weighted by atomic mass is 16.6. The van der Waals surface area contributed by atoms with Crippen LogP contribution >= 0.6 is 0 Å². The van der Waals surface area contributed by atoms with E-state index >= 15 is 0 Å². The molecule has 0 aliphatic heterocycles. The quantitative estimate of drug-likeness (QED) is 0.0373. The van der Waals surface area contributed by atoms with Crippen molar-refractivity contribution in [3.05, 3.63) is 122 Å². The normalized spacial score (nSPS) is 13.1. The van der Waals surface area contributed by atoms with Gasteiger partial charge in [0, 0.05) is 12.8 Å². The lowest BCUT2D eigenvalue weighted by molar-refractivity contribution is -0.161. The second kappa shape index (κ2) is 61.6. The van der Waals surface area contributed by atoms with Gasteiger partial charge in [-0.3, -0.25) is 9.59 Å². The number of hydrogen-bond donors (Lipinski definition) is 1.